The van der Waals surface area contributed by atoms with Crippen molar-refractivity contribution in [3.05, 3.63) is 63.6 Å². The van der Waals surface area contributed by atoms with E-state index in [1.165, 1.54) is 12.1 Å². The second kappa shape index (κ2) is 8.06. The molecular weight excluding hydrogens is 381 g/mol. The van der Waals surface area contributed by atoms with E-state index < -0.39 is 15.6 Å². The standard InChI is InChI=1S/C18H21Cl2NO3S/c1-4-18(24-3,14-8-6-5-7-9-14)12-21-25(22,23)17-10-13(2)15(19)11-16(17)20/h5-11,21H,4,12H2,1-3H3. The number of halogens is 2. The van der Waals surface area contributed by atoms with Crippen molar-refractivity contribution >= 4 is 33.2 Å². The normalized spacial score (nSPS) is 14.3. The highest BCUT2D eigenvalue weighted by Gasteiger charge is 2.32. The first-order valence-corrected chi connectivity index (χ1v) is 10.1. The molecule has 1 atom stereocenters. The Labute approximate surface area is 159 Å². The Morgan fingerprint density at radius 3 is 2.32 bits per heavy atom. The molecule has 4 nitrogen and oxygen atoms in total. The number of methoxy groups -OCH3 is 1. The van der Waals surface area contributed by atoms with Gasteiger partial charge in [0.15, 0.2) is 0 Å². The molecule has 0 fully saturated rings. The quantitative estimate of drug-likeness (QED) is 0.740. The minimum atomic E-state index is -3.81. The van der Waals surface area contributed by atoms with Gasteiger partial charge in [0.25, 0.3) is 0 Å². The van der Waals surface area contributed by atoms with Crippen molar-refractivity contribution in [1.29, 1.82) is 0 Å². The lowest BCUT2D eigenvalue weighted by atomic mass is 9.91. The van der Waals surface area contributed by atoms with Gasteiger partial charge >= 0.3 is 0 Å². The first kappa shape index (κ1) is 20.2. The molecule has 0 radical (unpaired) electrons. The van der Waals surface area contributed by atoms with Crippen LogP contribution in [0.4, 0.5) is 0 Å². The molecule has 0 spiro atoms. The minimum Gasteiger partial charge on any atom is -0.372 e. The van der Waals surface area contributed by atoms with Crippen molar-refractivity contribution in [2.45, 2.75) is 30.8 Å². The second-order valence-corrected chi connectivity index (χ2v) is 8.32. The number of hydrogen-bond donors (Lipinski definition) is 1. The van der Waals surface area contributed by atoms with E-state index in [1.54, 1.807) is 14.0 Å². The van der Waals surface area contributed by atoms with Gasteiger partial charge in [-0.2, -0.15) is 0 Å². The van der Waals surface area contributed by atoms with Gasteiger partial charge in [-0.15, -0.1) is 0 Å². The van der Waals surface area contributed by atoms with Gasteiger partial charge in [0.05, 0.1) is 5.02 Å². The second-order valence-electron chi connectivity index (χ2n) is 5.77. The van der Waals surface area contributed by atoms with Crippen LogP contribution < -0.4 is 4.72 Å². The van der Waals surface area contributed by atoms with Crippen LogP contribution in [0.1, 0.15) is 24.5 Å². The molecule has 0 aliphatic rings. The summed E-state index contributed by atoms with van der Waals surface area (Å²) < 4.78 is 33.8. The van der Waals surface area contributed by atoms with Crippen LogP contribution in [0.25, 0.3) is 0 Å². The highest BCUT2D eigenvalue weighted by Crippen LogP contribution is 2.31. The Kier molecular flexibility index (Phi) is 6.51. The first-order valence-electron chi connectivity index (χ1n) is 7.82. The predicted octanol–water partition coefficient (Wildman–Crippen LogP) is 4.53. The van der Waals surface area contributed by atoms with Gasteiger partial charge in [0.2, 0.25) is 10.0 Å². The van der Waals surface area contributed by atoms with E-state index in [9.17, 15) is 8.42 Å². The maximum atomic E-state index is 12.7. The summed E-state index contributed by atoms with van der Waals surface area (Å²) in [5.74, 6) is 0. The third kappa shape index (κ3) is 4.36. The summed E-state index contributed by atoms with van der Waals surface area (Å²) in [7, 11) is -2.24. The zero-order valence-electron chi connectivity index (χ0n) is 14.3. The Balaban J connectivity index is 2.33. The molecular formula is C18H21Cl2NO3S. The molecule has 25 heavy (non-hydrogen) atoms. The van der Waals surface area contributed by atoms with E-state index >= 15 is 0 Å². The zero-order valence-corrected chi connectivity index (χ0v) is 16.7. The van der Waals surface area contributed by atoms with Gasteiger partial charge in [0, 0.05) is 18.7 Å². The number of hydrogen-bond acceptors (Lipinski definition) is 3. The lowest BCUT2D eigenvalue weighted by Crippen LogP contribution is -2.42. The van der Waals surface area contributed by atoms with Crippen LogP contribution in [0.15, 0.2) is 47.4 Å². The topological polar surface area (TPSA) is 55.4 Å². The van der Waals surface area contributed by atoms with E-state index in [0.29, 0.717) is 17.0 Å². The van der Waals surface area contributed by atoms with Crippen LogP contribution in [0.5, 0.6) is 0 Å². The number of aryl methyl sites for hydroxylation is 1. The van der Waals surface area contributed by atoms with Crippen LogP contribution >= 0.6 is 23.2 Å². The summed E-state index contributed by atoms with van der Waals surface area (Å²) in [6, 6.07) is 12.4. The van der Waals surface area contributed by atoms with Gasteiger partial charge < -0.3 is 4.74 Å². The summed E-state index contributed by atoms with van der Waals surface area (Å²) in [6.45, 7) is 3.77. The number of rotatable bonds is 7. The molecule has 0 heterocycles. The maximum Gasteiger partial charge on any atom is 0.242 e. The lowest BCUT2D eigenvalue weighted by molar-refractivity contribution is -0.0133. The Morgan fingerprint density at radius 2 is 1.76 bits per heavy atom. The predicted molar refractivity (Wildman–Crippen MR) is 102 cm³/mol. The molecule has 136 valence electrons. The van der Waals surface area contributed by atoms with E-state index in [0.717, 1.165) is 5.56 Å². The van der Waals surface area contributed by atoms with Crippen molar-refractivity contribution in [2.75, 3.05) is 13.7 Å². The van der Waals surface area contributed by atoms with Crippen molar-refractivity contribution in [1.82, 2.24) is 4.72 Å². The number of nitrogens with one attached hydrogen (secondary N) is 1. The number of benzene rings is 2. The summed E-state index contributed by atoms with van der Waals surface area (Å²) >= 11 is 12.1. The number of ether oxygens (including phenoxy) is 1. The summed E-state index contributed by atoms with van der Waals surface area (Å²) in [5, 5.41) is 0.510. The van der Waals surface area contributed by atoms with Gasteiger partial charge in [0.1, 0.15) is 10.5 Å². The van der Waals surface area contributed by atoms with Crippen LogP contribution in [-0.2, 0) is 20.4 Å². The molecule has 1 unspecified atom stereocenters. The van der Waals surface area contributed by atoms with Crippen molar-refractivity contribution in [3.8, 4) is 0 Å². The van der Waals surface area contributed by atoms with E-state index in [4.69, 9.17) is 27.9 Å². The number of sulfonamides is 1. The molecule has 2 rings (SSSR count). The maximum absolute atomic E-state index is 12.7. The van der Waals surface area contributed by atoms with Gasteiger partial charge in [-0.1, -0.05) is 60.5 Å². The van der Waals surface area contributed by atoms with Crippen LogP contribution in [-0.4, -0.2) is 22.1 Å². The van der Waals surface area contributed by atoms with Crippen LogP contribution in [0.3, 0.4) is 0 Å². The molecule has 0 bridgehead atoms. The van der Waals surface area contributed by atoms with Crippen molar-refractivity contribution in [3.63, 3.8) is 0 Å². The average Bonchev–Trinajstić information content (AvgIpc) is 2.60. The smallest absolute Gasteiger partial charge is 0.242 e. The Morgan fingerprint density at radius 1 is 1.12 bits per heavy atom. The van der Waals surface area contributed by atoms with E-state index in [-0.39, 0.29) is 16.5 Å². The fourth-order valence-corrected chi connectivity index (χ4v) is 4.55. The molecule has 7 heteroatoms. The van der Waals surface area contributed by atoms with Crippen LogP contribution in [0, 0.1) is 6.92 Å². The zero-order chi connectivity index (χ0) is 18.7. The molecule has 0 aliphatic carbocycles. The molecule has 2 aromatic rings. The minimum absolute atomic E-state index is 0.00485. The SMILES string of the molecule is CCC(CNS(=O)(=O)c1cc(C)c(Cl)cc1Cl)(OC)c1ccccc1. The fraction of sp³-hybridized carbons (Fsp3) is 0.333. The van der Waals surface area contributed by atoms with Crippen molar-refractivity contribution < 1.29 is 13.2 Å². The molecule has 0 aliphatic heterocycles. The van der Waals surface area contributed by atoms with E-state index in [2.05, 4.69) is 4.72 Å². The first-order chi connectivity index (χ1) is 11.8. The Hall–Kier alpha value is -1.11. The summed E-state index contributed by atoms with van der Waals surface area (Å²) in [4.78, 5) is 0.00485. The third-order valence-corrected chi connectivity index (χ3v) is 6.59. The van der Waals surface area contributed by atoms with Crippen LogP contribution in [0.2, 0.25) is 10.0 Å². The highest BCUT2D eigenvalue weighted by molar-refractivity contribution is 7.89. The third-order valence-electron chi connectivity index (χ3n) is 4.31. The molecule has 0 saturated heterocycles. The fourth-order valence-electron chi connectivity index (χ4n) is 2.63. The largest absolute Gasteiger partial charge is 0.372 e. The van der Waals surface area contributed by atoms with E-state index in [1.807, 2.05) is 37.3 Å². The monoisotopic (exact) mass is 401 g/mol. The van der Waals surface area contributed by atoms with Gasteiger partial charge in [-0.25, -0.2) is 13.1 Å². The molecule has 1 N–H and O–H groups in total. The summed E-state index contributed by atoms with van der Waals surface area (Å²) in [5.41, 5.74) is 0.784. The summed E-state index contributed by atoms with van der Waals surface area (Å²) in [6.07, 6.45) is 0.601. The van der Waals surface area contributed by atoms with Gasteiger partial charge in [-0.3, -0.25) is 0 Å². The molecule has 0 amide bonds. The van der Waals surface area contributed by atoms with Gasteiger partial charge in [-0.05, 0) is 36.6 Å². The Bertz CT molecular complexity index is 835. The molecule has 0 aromatic heterocycles. The average molecular weight is 402 g/mol. The molecule has 2 aromatic carbocycles. The molecule has 0 saturated carbocycles. The highest BCUT2D eigenvalue weighted by atomic mass is 35.5. The van der Waals surface area contributed by atoms with Crippen molar-refractivity contribution in [2.24, 2.45) is 0 Å². The lowest BCUT2D eigenvalue weighted by Gasteiger charge is -2.32.